The first-order chi connectivity index (χ1) is 12.4. The number of Topliss-reactive ketones (excluding diaryl/α,β-unsaturated/α-hetero) is 1. The Morgan fingerprint density at radius 3 is 2.58 bits per heavy atom. The Kier molecular flexibility index (Phi) is 10.2. The van der Waals surface area contributed by atoms with E-state index in [2.05, 4.69) is 10.5 Å². The van der Waals surface area contributed by atoms with Crippen LogP contribution in [0.3, 0.4) is 0 Å². The molecule has 0 spiro atoms. The van der Waals surface area contributed by atoms with E-state index in [1.54, 1.807) is 6.21 Å². The van der Waals surface area contributed by atoms with Crippen molar-refractivity contribution in [2.45, 2.75) is 52.5 Å². The summed E-state index contributed by atoms with van der Waals surface area (Å²) in [4.78, 5) is 27.7. The monoisotopic (exact) mass is 361 g/mol. The highest BCUT2D eigenvalue weighted by atomic mass is 16.6. The van der Waals surface area contributed by atoms with Gasteiger partial charge in [-0.25, -0.2) is 0 Å². The van der Waals surface area contributed by atoms with Crippen LogP contribution in [0.25, 0.3) is 0 Å². The highest BCUT2D eigenvalue weighted by Gasteiger charge is 2.16. The molecule has 0 aromatic heterocycles. The molecule has 6 nitrogen and oxygen atoms in total. The van der Waals surface area contributed by atoms with E-state index in [-0.39, 0.29) is 30.1 Å². The van der Waals surface area contributed by atoms with Gasteiger partial charge in [-0.05, 0) is 45.7 Å². The van der Waals surface area contributed by atoms with Crippen molar-refractivity contribution in [2.75, 3.05) is 13.2 Å². The first-order valence-corrected chi connectivity index (χ1v) is 9.12. The molecule has 1 aromatic carbocycles. The summed E-state index contributed by atoms with van der Waals surface area (Å²) >= 11 is 0. The fourth-order valence-electron chi connectivity index (χ4n) is 2.52. The second kappa shape index (κ2) is 12.2. The van der Waals surface area contributed by atoms with Crippen molar-refractivity contribution >= 4 is 17.9 Å². The molecule has 6 heteroatoms. The van der Waals surface area contributed by atoms with Crippen molar-refractivity contribution in [2.24, 2.45) is 16.8 Å². The quantitative estimate of drug-likeness (QED) is 0.321. The fourth-order valence-corrected chi connectivity index (χ4v) is 2.52. The van der Waals surface area contributed by atoms with Crippen LogP contribution in [-0.4, -0.2) is 37.1 Å². The number of nitrogens with zero attached hydrogens (tertiary/aromatic N) is 1. The summed E-state index contributed by atoms with van der Waals surface area (Å²) in [7, 11) is 0. The Bertz CT molecular complexity index is 584. The number of carbonyl (C=O) groups excluding carboxylic acids is 2. The van der Waals surface area contributed by atoms with Crippen molar-refractivity contribution in [1.82, 2.24) is 5.32 Å². The van der Waals surface area contributed by atoms with E-state index in [1.165, 1.54) is 12.5 Å². The van der Waals surface area contributed by atoms with Gasteiger partial charge in [0.25, 0.3) is 0 Å². The van der Waals surface area contributed by atoms with Crippen LogP contribution in [0.2, 0.25) is 0 Å². The van der Waals surface area contributed by atoms with Gasteiger partial charge in [0, 0.05) is 18.4 Å². The number of benzene rings is 1. The van der Waals surface area contributed by atoms with Crippen LogP contribution in [0, 0.1) is 12.8 Å². The third-order valence-electron chi connectivity index (χ3n) is 4.09. The minimum Gasteiger partial charge on any atom is -0.394 e. The minimum atomic E-state index is -0.388. The lowest BCUT2D eigenvalue weighted by Gasteiger charge is -2.14. The number of oxime groups is 1. The van der Waals surface area contributed by atoms with Crippen molar-refractivity contribution in [3.05, 3.63) is 35.4 Å². The highest BCUT2D eigenvalue weighted by molar-refractivity contribution is 5.84. The molecule has 1 amide bonds. The molecule has 144 valence electrons. The molecule has 0 aliphatic rings. The molecule has 0 fully saturated rings. The standard InChI is InChI=1S/C20H31N3O3/c1-15-7-9-18(10-8-15)13-23-26-14-16(2)22-11-5-4-6-19(20(21)25)12-17(3)24/h7-10,13,16,19,22H,4-6,11-12,14H2,1-3H3,(H2,21,25)/b23-13+. The summed E-state index contributed by atoms with van der Waals surface area (Å²) in [6.07, 6.45) is 4.37. The van der Waals surface area contributed by atoms with Crippen molar-refractivity contribution in [1.29, 1.82) is 0 Å². The molecular formula is C20H31N3O3. The number of hydrogen-bond donors (Lipinski definition) is 2. The molecule has 0 saturated carbocycles. The maximum Gasteiger partial charge on any atom is 0.220 e. The Labute approximate surface area is 156 Å². The van der Waals surface area contributed by atoms with Crippen LogP contribution >= 0.6 is 0 Å². The molecule has 2 unspecified atom stereocenters. The van der Waals surface area contributed by atoms with Crippen molar-refractivity contribution < 1.29 is 14.4 Å². The molecule has 2 atom stereocenters. The predicted octanol–water partition coefficient (Wildman–Crippen LogP) is 2.57. The second-order valence-corrected chi connectivity index (χ2v) is 6.80. The smallest absolute Gasteiger partial charge is 0.220 e. The molecule has 3 N–H and O–H groups in total. The third kappa shape index (κ3) is 9.93. The van der Waals surface area contributed by atoms with Crippen LogP contribution in [0.4, 0.5) is 0 Å². The fraction of sp³-hybridized carbons (Fsp3) is 0.550. The van der Waals surface area contributed by atoms with E-state index in [1.807, 2.05) is 38.1 Å². The first-order valence-electron chi connectivity index (χ1n) is 9.12. The van der Waals surface area contributed by atoms with Crippen LogP contribution < -0.4 is 11.1 Å². The molecule has 0 heterocycles. The number of hydrogen-bond acceptors (Lipinski definition) is 5. The number of nitrogens with two attached hydrogens (primary N) is 1. The number of amides is 1. The third-order valence-corrected chi connectivity index (χ3v) is 4.09. The Morgan fingerprint density at radius 2 is 1.96 bits per heavy atom. The van der Waals surface area contributed by atoms with Gasteiger partial charge < -0.3 is 20.7 Å². The van der Waals surface area contributed by atoms with Crippen LogP contribution in [0.5, 0.6) is 0 Å². The molecule has 26 heavy (non-hydrogen) atoms. The number of carbonyl (C=O) groups is 2. The van der Waals surface area contributed by atoms with E-state index >= 15 is 0 Å². The van der Waals surface area contributed by atoms with E-state index in [9.17, 15) is 9.59 Å². The molecule has 0 aliphatic carbocycles. The largest absolute Gasteiger partial charge is 0.394 e. The van der Waals surface area contributed by atoms with Gasteiger partial charge in [-0.1, -0.05) is 41.4 Å². The van der Waals surface area contributed by atoms with Gasteiger partial charge in [0.15, 0.2) is 0 Å². The summed E-state index contributed by atoms with van der Waals surface area (Å²) in [5.41, 5.74) is 7.55. The number of ketones is 1. The summed E-state index contributed by atoms with van der Waals surface area (Å²) in [6.45, 7) is 6.86. The Morgan fingerprint density at radius 1 is 1.27 bits per heavy atom. The topological polar surface area (TPSA) is 93.8 Å². The van der Waals surface area contributed by atoms with Gasteiger partial charge in [0.2, 0.25) is 5.91 Å². The van der Waals surface area contributed by atoms with E-state index in [0.29, 0.717) is 13.0 Å². The highest BCUT2D eigenvalue weighted by Crippen LogP contribution is 2.12. The molecule has 0 radical (unpaired) electrons. The van der Waals surface area contributed by atoms with Crippen LogP contribution in [0.1, 0.15) is 50.7 Å². The summed E-state index contributed by atoms with van der Waals surface area (Å²) < 4.78 is 0. The normalized spacial score (nSPS) is 13.5. The SMILES string of the molecule is CC(=O)CC(CCCCNC(C)CO/N=C/c1ccc(C)cc1)C(N)=O. The molecular weight excluding hydrogens is 330 g/mol. The lowest BCUT2D eigenvalue weighted by Crippen LogP contribution is -2.31. The number of unbranched alkanes of at least 4 members (excludes halogenated alkanes) is 1. The number of primary amides is 1. The average molecular weight is 361 g/mol. The van der Waals surface area contributed by atoms with Gasteiger partial charge in [0.1, 0.15) is 12.4 Å². The zero-order chi connectivity index (χ0) is 19.4. The minimum absolute atomic E-state index is 0.00360. The number of aryl methyl sites for hydroxylation is 1. The van der Waals surface area contributed by atoms with Gasteiger partial charge >= 0.3 is 0 Å². The first kappa shape index (κ1) is 21.8. The molecule has 0 bridgehead atoms. The van der Waals surface area contributed by atoms with Gasteiger partial charge in [-0.2, -0.15) is 0 Å². The summed E-state index contributed by atoms with van der Waals surface area (Å²) in [5, 5.41) is 7.33. The lowest BCUT2D eigenvalue weighted by atomic mass is 9.96. The van der Waals surface area contributed by atoms with Gasteiger partial charge in [0.05, 0.1) is 6.21 Å². The maximum atomic E-state index is 11.3. The lowest BCUT2D eigenvalue weighted by molar-refractivity contribution is -0.126. The van der Waals surface area contributed by atoms with Gasteiger partial charge in [-0.15, -0.1) is 0 Å². The van der Waals surface area contributed by atoms with E-state index in [4.69, 9.17) is 10.6 Å². The van der Waals surface area contributed by atoms with Crippen LogP contribution in [0.15, 0.2) is 29.4 Å². The second-order valence-electron chi connectivity index (χ2n) is 6.80. The molecule has 0 saturated heterocycles. The van der Waals surface area contributed by atoms with E-state index < -0.39 is 0 Å². The number of rotatable bonds is 13. The van der Waals surface area contributed by atoms with Crippen LogP contribution in [-0.2, 0) is 14.4 Å². The predicted molar refractivity (Wildman–Crippen MR) is 104 cm³/mol. The Balaban J connectivity index is 2.12. The summed E-state index contributed by atoms with van der Waals surface area (Å²) in [5.74, 6) is -0.727. The summed E-state index contributed by atoms with van der Waals surface area (Å²) in [6, 6.07) is 8.23. The molecule has 0 aliphatic heterocycles. The maximum absolute atomic E-state index is 11.3. The van der Waals surface area contributed by atoms with Crippen molar-refractivity contribution in [3.63, 3.8) is 0 Å². The van der Waals surface area contributed by atoms with E-state index in [0.717, 1.165) is 24.9 Å². The van der Waals surface area contributed by atoms with Crippen molar-refractivity contribution in [3.8, 4) is 0 Å². The number of nitrogens with one attached hydrogen (secondary N) is 1. The van der Waals surface area contributed by atoms with Gasteiger partial charge in [-0.3, -0.25) is 4.79 Å². The zero-order valence-electron chi connectivity index (χ0n) is 16.0. The molecule has 1 rings (SSSR count). The zero-order valence-corrected chi connectivity index (χ0v) is 16.0. The molecule has 1 aromatic rings. The Hall–Kier alpha value is -2.21. The average Bonchev–Trinajstić information content (AvgIpc) is 2.58.